The van der Waals surface area contributed by atoms with E-state index in [2.05, 4.69) is 107 Å². The summed E-state index contributed by atoms with van der Waals surface area (Å²) < 4.78 is 85.9. The summed E-state index contributed by atoms with van der Waals surface area (Å²) in [6.45, 7) is 12.0. The average molecular weight is 1660 g/mol. The summed E-state index contributed by atoms with van der Waals surface area (Å²) in [7, 11) is -8.39. The zero-order valence-corrected chi connectivity index (χ0v) is 68.2. The molecule has 2 aromatic heterocycles. The molecule has 0 radical (unpaired) electrons. The number of benzene rings is 10. The van der Waals surface area contributed by atoms with Gasteiger partial charge in [-0.1, -0.05) is 132 Å². The molecule has 0 bridgehead atoms. The van der Waals surface area contributed by atoms with Crippen molar-refractivity contribution in [2.75, 3.05) is 114 Å². The number of aryl methyl sites for hydroxylation is 1. The van der Waals surface area contributed by atoms with E-state index in [-0.39, 0.29) is 55.2 Å². The zero-order valence-electron chi connectivity index (χ0n) is 63.5. The number of nitro groups is 2. The van der Waals surface area contributed by atoms with E-state index in [1.807, 2.05) is 129 Å². The van der Waals surface area contributed by atoms with Crippen LogP contribution in [0.1, 0.15) is 30.0 Å². The first-order chi connectivity index (χ1) is 55.3. The molecule has 14 rings (SSSR count). The van der Waals surface area contributed by atoms with Crippen molar-refractivity contribution in [2.45, 2.75) is 65.0 Å². The van der Waals surface area contributed by atoms with Gasteiger partial charge in [-0.05, 0) is 183 Å². The standard InChI is InChI=1S/C43H45ClN8O4S2.C41H40ClN7O6S2/c1-49(2)20-19-34(29-57-36-11-7-4-8-12-36)47-40-18-15-37(27-42(40)52(53)54)58(55,56)48-43-39-17-14-35(26-41(39)45-30-46-43)51-23-21-50(22-24-51)28-32-25-33(44)13-16-38(32)31-9-5-3-6-10-31;1-28-8-6-7-11-40(28)56(52,53)26-29(2)45-37-17-14-34(24-39(37)49(50)51)57(54,55)46-41-36-16-13-33(23-38(36)43-27-44-41)48-20-18-47(19-21-48)25-31-22-32(42)12-15-35(31)30-9-4-3-5-10-30/h3-18,25-27,30,34,47H,19-24,28-29H2,1-2H3,(H,45,46,48);3-17,22-24,27,29,45H,18-21,25-26H2,1-2H3,(H,43,44,46)/t34-;/m0./s1. The molecule has 2 aliphatic heterocycles. The Labute approximate surface area is 683 Å². The molecule has 10 aromatic carbocycles. The fourth-order valence-corrected chi connectivity index (χ4v) is 19.3. The highest BCUT2D eigenvalue weighted by atomic mass is 35.5. The highest BCUT2D eigenvalue weighted by Crippen LogP contribution is 2.37. The lowest BCUT2D eigenvalue weighted by Crippen LogP contribution is -2.46. The highest BCUT2D eigenvalue weighted by Gasteiger charge is 2.30. The van der Waals surface area contributed by atoms with E-state index in [9.17, 15) is 45.5 Å². The maximum Gasteiger partial charge on any atom is 0.293 e. The third kappa shape index (κ3) is 20.8. The van der Waals surface area contributed by atoms with Crippen LogP contribution < -0.4 is 29.9 Å². The number of hydrogen-bond acceptors (Lipinski definition) is 22. The molecule has 4 heterocycles. The minimum Gasteiger partial charge on any atom is -0.376 e. The minimum absolute atomic E-state index is 0.0197. The van der Waals surface area contributed by atoms with Crippen molar-refractivity contribution in [3.05, 3.63) is 284 Å². The Balaban J connectivity index is 0.000000200. The van der Waals surface area contributed by atoms with E-state index in [0.717, 1.165) is 124 Å². The first-order valence-corrected chi connectivity index (χ1v) is 43.5. The molecule has 12 aromatic rings. The number of thioether (sulfide) groups is 1. The van der Waals surface area contributed by atoms with Gasteiger partial charge in [0.25, 0.3) is 31.4 Å². The van der Waals surface area contributed by atoms with Gasteiger partial charge in [-0.25, -0.2) is 45.2 Å². The van der Waals surface area contributed by atoms with Gasteiger partial charge < -0.3 is 25.3 Å². The summed E-state index contributed by atoms with van der Waals surface area (Å²) >= 11 is 14.5. The Hall–Kier alpha value is -10.9. The van der Waals surface area contributed by atoms with E-state index in [1.165, 1.54) is 59.7 Å². The topological polar surface area (TPSA) is 305 Å². The summed E-state index contributed by atoms with van der Waals surface area (Å²) in [6.07, 6.45) is 3.30. The summed E-state index contributed by atoms with van der Waals surface area (Å²) in [4.78, 5) is 52.5. The van der Waals surface area contributed by atoms with E-state index >= 15 is 0 Å². The predicted octanol–water partition coefficient (Wildman–Crippen LogP) is 16.1. The Morgan fingerprint density at radius 3 is 1.41 bits per heavy atom. The van der Waals surface area contributed by atoms with Crippen molar-refractivity contribution >= 4 is 132 Å². The second kappa shape index (κ2) is 36.7. The third-order valence-corrected chi connectivity index (χ3v) is 26.4. The second-order valence-electron chi connectivity index (χ2n) is 28.4. The number of nitrogens with zero attached hydrogens (tertiary/aromatic N) is 11. The van der Waals surface area contributed by atoms with Crippen molar-refractivity contribution in [1.82, 2.24) is 34.6 Å². The molecule has 2 aliphatic rings. The van der Waals surface area contributed by atoms with Gasteiger partial charge in [0, 0.05) is 133 Å². The average Bonchev–Trinajstić information content (AvgIpc) is 0.787. The number of nitro benzene ring substituents is 2. The summed E-state index contributed by atoms with van der Waals surface area (Å²) in [5.74, 6) is 0.431. The molecule has 1 unspecified atom stereocenters. The van der Waals surface area contributed by atoms with Crippen molar-refractivity contribution < 1.29 is 35.1 Å². The predicted molar refractivity (Wildman–Crippen MR) is 460 cm³/mol. The van der Waals surface area contributed by atoms with Gasteiger partial charge >= 0.3 is 0 Å². The molecular formula is C84H85Cl2N15O10S4. The Bertz CT molecular complexity index is 5860. The molecular weight excluding hydrogens is 1580 g/mol. The molecule has 0 saturated carbocycles. The summed E-state index contributed by atoms with van der Waals surface area (Å²) in [5, 5.41) is 33.0. The molecule has 115 heavy (non-hydrogen) atoms. The van der Waals surface area contributed by atoms with Gasteiger partial charge in [-0.3, -0.25) is 39.5 Å². The first-order valence-electron chi connectivity index (χ1n) is 37.2. The number of piperazine rings is 2. The molecule has 4 N–H and O–H groups in total. The number of sulfone groups is 1. The van der Waals surface area contributed by atoms with Gasteiger partial charge in [0.15, 0.2) is 21.5 Å². The molecule has 0 aliphatic carbocycles. The molecule has 25 nitrogen and oxygen atoms in total. The number of sulfonamides is 2. The van der Waals surface area contributed by atoms with E-state index < -0.39 is 51.5 Å². The number of aromatic nitrogens is 4. The van der Waals surface area contributed by atoms with Gasteiger partial charge in [0.2, 0.25) is 0 Å². The maximum atomic E-state index is 13.7. The van der Waals surface area contributed by atoms with Crippen LogP contribution in [-0.2, 0) is 43.0 Å². The molecule has 594 valence electrons. The van der Waals surface area contributed by atoms with Gasteiger partial charge in [0.05, 0.1) is 41.3 Å². The molecule has 0 amide bonds. The molecule has 2 fully saturated rings. The molecule has 0 spiro atoms. The number of anilines is 6. The number of halogens is 2. The smallest absolute Gasteiger partial charge is 0.293 e. The lowest BCUT2D eigenvalue weighted by molar-refractivity contribution is -0.384. The van der Waals surface area contributed by atoms with E-state index in [0.29, 0.717) is 43.2 Å². The normalized spacial score (nSPS) is 14.2. The van der Waals surface area contributed by atoms with Crippen LogP contribution in [0, 0.1) is 27.2 Å². The Kier molecular flexibility index (Phi) is 26.2. The molecule has 31 heteroatoms. The van der Waals surface area contributed by atoms with Crippen molar-refractivity contribution in [3.8, 4) is 22.3 Å². The van der Waals surface area contributed by atoms with Gasteiger partial charge in [-0.2, -0.15) is 0 Å². The van der Waals surface area contributed by atoms with Gasteiger partial charge in [-0.15, -0.1) is 11.8 Å². The van der Waals surface area contributed by atoms with Crippen LogP contribution in [-0.4, -0.2) is 166 Å². The largest absolute Gasteiger partial charge is 0.376 e. The van der Waals surface area contributed by atoms with Crippen LogP contribution in [0.25, 0.3) is 44.1 Å². The van der Waals surface area contributed by atoms with Crippen LogP contribution in [0.4, 0.5) is 45.8 Å². The lowest BCUT2D eigenvalue weighted by Gasteiger charge is -2.36. The molecule has 2 atom stereocenters. The number of hydrogen-bond donors (Lipinski definition) is 4. The monoisotopic (exact) mass is 1660 g/mol. The SMILES string of the molecule is CN(C)CC[C@@H](CSc1ccccc1)Nc1ccc(S(=O)(=O)Nc2ncnc3cc(N4CCN(Cc5cc(Cl)ccc5-c5ccccc5)CC4)ccc23)cc1[N+](=O)[O-].Cc1ccccc1S(=O)(=O)CC(C)Nc1ccc(S(=O)(=O)Nc2ncnc3cc(N4CCN(Cc5cc(Cl)ccc5-c5ccccc5)CC4)ccc23)cc1[N+](=O)[O-]. The van der Waals surface area contributed by atoms with Crippen molar-refractivity contribution in [1.29, 1.82) is 0 Å². The van der Waals surface area contributed by atoms with E-state index in [4.69, 9.17) is 23.2 Å². The van der Waals surface area contributed by atoms with Gasteiger partial charge in [0.1, 0.15) is 24.0 Å². The van der Waals surface area contributed by atoms with Crippen LogP contribution in [0.5, 0.6) is 0 Å². The fraction of sp³-hybridized carbons (Fsp3) is 0.238. The van der Waals surface area contributed by atoms with Crippen molar-refractivity contribution in [2.24, 2.45) is 0 Å². The minimum atomic E-state index is -4.35. The first kappa shape index (κ1) is 82.1. The number of rotatable bonds is 29. The lowest BCUT2D eigenvalue weighted by atomic mass is 9.99. The quantitative estimate of drug-likeness (QED) is 0.0192. The third-order valence-electron chi connectivity index (χ3n) is 20.0. The number of fused-ring (bicyclic) bond motifs is 2. The number of nitrogens with one attached hydrogen (secondary N) is 4. The Morgan fingerprint density at radius 1 is 0.513 bits per heavy atom. The van der Waals surface area contributed by atoms with E-state index in [1.54, 1.807) is 49.9 Å². The summed E-state index contributed by atoms with van der Waals surface area (Å²) in [6, 6.07) is 66.9. The zero-order chi connectivity index (χ0) is 81.0. The Morgan fingerprint density at radius 2 is 0.957 bits per heavy atom. The van der Waals surface area contributed by atoms with Crippen LogP contribution in [0.2, 0.25) is 10.0 Å². The fourth-order valence-electron chi connectivity index (χ4n) is 14.1. The maximum absolute atomic E-state index is 13.7. The van der Waals surface area contributed by atoms with Crippen LogP contribution >= 0.6 is 35.0 Å². The van der Waals surface area contributed by atoms with Crippen LogP contribution in [0.3, 0.4) is 0 Å². The van der Waals surface area contributed by atoms with Crippen molar-refractivity contribution in [3.63, 3.8) is 0 Å². The van der Waals surface area contributed by atoms with Crippen LogP contribution in [0.15, 0.2) is 257 Å². The molecule has 2 saturated heterocycles. The summed E-state index contributed by atoms with van der Waals surface area (Å²) in [5.41, 5.74) is 9.95. The highest BCUT2D eigenvalue weighted by molar-refractivity contribution is 7.99. The second-order valence-corrected chi connectivity index (χ2v) is 35.8.